The predicted molar refractivity (Wildman–Crippen MR) is 74.6 cm³/mol. The van der Waals surface area contributed by atoms with Crippen LogP contribution in [0.1, 0.15) is 32.8 Å². The standard InChI is InChI=1S/C13H18BBrO2/c1-9-7-11(5-6-12(9)15)14-16-10(2)8-13(3,4)17-14/h5-7,10H,8H2,1-4H3. The van der Waals surface area contributed by atoms with Gasteiger partial charge in [-0.2, -0.15) is 0 Å². The average Bonchev–Trinajstić information content (AvgIpc) is 2.19. The smallest absolute Gasteiger partial charge is 0.405 e. The fourth-order valence-electron chi connectivity index (χ4n) is 2.28. The van der Waals surface area contributed by atoms with Gasteiger partial charge in [-0.1, -0.05) is 28.1 Å². The summed E-state index contributed by atoms with van der Waals surface area (Å²) in [4.78, 5) is 0. The third kappa shape index (κ3) is 3.12. The molecule has 17 heavy (non-hydrogen) atoms. The summed E-state index contributed by atoms with van der Waals surface area (Å²) in [5.74, 6) is 0. The van der Waals surface area contributed by atoms with E-state index in [-0.39, 0.29) is 18.8 Å². The van der Waals surface area contributed by atoms with Gasteiger partial charge in [0.2, 0.25) is 0 Å². The van der Waals surface area contributed by atoms with E-state index in [9.17, 15) is 0 Å². The van der Waals surface area contributed by atoms with E-state index < -0.39 is 0 Å². The van der Waals surface area contributed by atoms with Crippen LogP contribution in [0.15, 0.2) is 22.7 Å². The molecule has 1 fully saturated rings. The second-order valence-corrected chi connectivity index (χ2v) is 6.22. The van der Waals surface area contributed by atoms with Crippen molar-refractivity contribution in [3.63, 3.8) is 0 Å². The van der Waals surface area contributed by atoms with Gasteiger partial charge in [-0.15, -0.1) is 0 Å². The molecule has 1 saturated heterocycles. The van der Waals surface area contributed by atoms with E-state index in [1.54, 1.807) is 0 Å². The van der Waals surface area contributed by atoms with E-state index in [2.05, 4.69) is 55.8 Å². The van der Waals surface area contributed by atoms with Crippen molar-refractivity contribution in [1.82, 2.24) is 0 Å². The maximum atomic E-state index is 5.99. The van der Waals surface area contributed by atoms with E-state index in [0.717, 1.165) is 16.4 Å². The highest BCUT2D eigenvalue weighted by molar-refractivity contribution is 9.10. The van der Waals surface area contributed by atoms with Gasteiger partial charge in [-0.3, -0.25) is 0 Å². The Kier molecular flexibility index (Phi) is 3.67. The van der Waals surface area contributed by atoms with E-state index >= 15 is 0 Å². The van der Waals surface area contributed by atoms with Crippen molar-refractivity contribution in [3.05, 3.63) is 28.2 Å². The lowest BCUT2D eigenvalue weighted by atomic mass is 9.74. The zero-order chi connectivity index (χ0) is 12.6. The lowest BCUT2D eigenvalue weighted by Gasteiger charge is -2.38. The maximum Gasteiger partial charge on any atom is 0.494 e. The van der Waals surface area contributed by atoms with Crippen LogP contribution in [0.3, 0.4) is 0 Å². The third-order valence-corrected chi connectivity index (χ3v) is 3.90. The first kappa shape index (κ1) is 13.1. The summed E-state index contributed by atoms with van der Waals surface area (Å²) in [5, 5.41) is 0. The topological polar surface area (TPSA) is 18.5 Å². The van der Waals surface area contributed by atoms with Crippen LogP contribution in [0.25, 0.3) is 0 Å². The largest absolute Gasteiger partial charge is 0.494 e. The SMILES string of the molecule is Cc1cc(B2OC(C)CC(C)(C)O2)ccc1Br. The van der Waals surface area contributed by atoms with Gasteiger partial charge in [0.15, 0.2) is 0 Å². The highest BCUT2D eigenvalue weighted by atomic mass is 79.9. The first-order chi connectivity index (χ1) is 7.87. The van der Waals surface area contributed by atoms with Gasteiger partial charge in [0.05, 0.1) is 5.60 Å². The van der Waals surface area contributed by atoms with Crippen LogP contribution in [-0.4, -0.2) is 18.8 Å². The van der Waals surface area contributed by atoms with Crippen LogP contribution in [-0.2, 0) is 9.31 Å². The van der Waals surface area contributed by atoms with Crippen molar-refractivity contribution >= 4 is 28.5 Å². The number of halogens is 1. The Balaban J connectivity index is 2.24. The number of hydrogen-bond donors (Lipinski definition) is 0. The van der Waals surface area contributed by atoms with E-state index in [0.29, 0.717) is 0 Å². The van der Waals surface area contributed by atoms with Crippen molar-refractivity contribution in [2.75, 3.05) is 0 Å². The summed E-state index contributed by atoms with van der Waals surface area (Å²) < 4.78 is 13.0. The average molecular weight is 297 g/mol. The van der Waals surface area contributed by atoms with Gasteiger partial charge < -0.3 is 9.31 Å². The Bertz CT molecular complexity index is 420. The number of benzene rings is 1. The predicted octanol–water partition coefficient (Wildman–Crippen LogP) is 3.06. The molecule has 0 spiro atoms. The third-order valence-electron chi connectivity index (χ3n) is 3.02. The van der Waals surface area contributed by atoms with Crippen LogP contribution in [0, 0.1) is 6.92 Å². The number of hydrogen-bond acceptors (Lipinski definition) is 2. The molecule has 0 radical (unpaired) electrons. The first-order valence-electron chi connectivity index (χ1n) is 5.97. The van der Waals surface area contributed by atoms with Crippen molar-refractivity contribution in [3.8, 4) is 0 Å². The Hall–Kier alpha value is -0.315. The second kappa shape index (κ2) is 4.75. The molecule has 1 aromatic carbocycles. The summed E-state index contributed by atoms with van der Waals surface area (Å²) in [6, 6.07) is 6.21. The molecule has 1 aliphatic rings. The number of rotatable bonds is 1. The molecule has 0 aromatic heterocycles. The fraction of sp³-hybridized carbons (Fsp3) is 0.538. The Morgan fingerprint density at radius 1 is 1.41 bits per heavy atom. The van der Waals surface area contributed by atoms with Gasteiger partial charge in [-0.05, 0) is 51.2 Å². The van der Waals surface area contributed by atoms with Crippen LogP contribution in [0.2, 0.25) is 0 Å². The molecule has 0 N–H and O–H groups in total. The fourth-order valence-corrected chi connectivity index (χ4v) is 2.52. The molecule has 1 unspecified atom stereocenters. The highest BCUT2D eigenvalue weighted by Gasteiger charge is 2.38. The Morgan fingerprint density at radius 2 is 2.12 bits per heavy atom. The van der Waals surface area contributed by atoms with Crippen molar-refractivity contribution in [2.24, 2.45) is 0 Å². The molecular weight excluding hydrogens is 279 g/mol. The van der Waals surface area contributed by atoms with Gasteiger partial charge in [0, 0.05) is 10.6 Å². The molecule has 0 saturated carbocycles. The summed E-state index contributed by atoms with van der Waals surface area (Å²) in [7, 11) is -0.249. The minimum absolute atomic E-state index is 0.122. The molecule has 1 heterocycles. The molecule has 1 aliphatic heterocycles. The van der Waals surface area contributed by atoms with Crippen LogP contribution >= 0.6 is 15.9 Å². The number of aryl methyl sites for hydroxylation is 1. The molecule has 0 amide bonds. The Morgan fingerprint density at radius 3 is 2.71 bits per heavy atom. The zero-order valence-corrected chi connectivity index (χ0v) is 12.4. The van der Waals surface area contributed by atoms with E-state index in [1.165, 1.54) is 5.56 Å². The molecule has 2 rings (SSSR count). The molecule has 0 aliphatic carbocycles. The van der Waals surface area contributed by atoms with Crippen LogP contribution in [0.5, 0.6) is 0 Å². The lowest BCUT2D eigenvalue weighted by molar-refractivity contribution is -0.0229. The summed E-state index contributed by atoms with van der Waals surface area (Å²) in [6.45, 7) is 8.41. The minimum Gasteiger partial charge on any atom is -0.405 e. The van der Waals surface area contributed by atoms with E-state index in [1.807, 2.05) is 6.07 Å². The zero-order valence-electron chi connectivity index (χ0n) is 10.8. The lowest BCUT2D eigenvalue weighted by Crippen LogP contribution is -2.51. The first-order valence-corrected chi connectivity index (χ1v) is 6.76. The van der Waals surface area contributed by atoms with Gasteiger partial charge >= 0.3 is 7.12 Å². The summed E-state index contributed by atoms with van der Waals surface area (Å²) in [6.07, 6.45) is 1.16. The molecule has 2 nitrogen and oxygen atoms in total. The molecule has 0 bridgehead atoms. The Labute approximate surface area is 112 Å². The second-order valence-electron chi connectivity index (χ2n) is 5.37. The van der Waals surface area contributed by atoms with Crippen molar-refractivity contribution < 1.29 is 9.31 Å². The van der Waals surface area contributed by atoms with Crippen molar-refractivity contribution in [2.45, 2.75) is 45.8 Å². The molecule has 4 heteroatoms. The maximum absolute atomic E-state index is 5.99. The van der Waals surface area contributed by atoms with Crippen LogP contribution in [0.4, 0.5) is 0 Å². The molecular formula is C13H18BBrO2. The minimum atomic E-state index is -0.249. The molecule has 1 atom stereocenters. The molecule has 92 valence electrons. The van der Waals surface area contributed by atoms with Gasteiger partial charge in [0.25, 0.3) is 0 Å². The van der Waals surface area contributed by atoms with Gasteiger partial charge in [-0.25, -0.2) is 0 Å². The summed E-state index contributed by atoms with van der Waals surface area (Å²) in [5.41, 5.74) is 2.17. The highest BCUT2D eigenvalue weighted by Crippen LogP contribution is 2.26. The van der Waals surface area contributed by atoms with Gasteiger partial charge in [0.1, 0.15) is 0 Å². The van der Waals surface area contributed by atoms with E-state index in [4.69, 9.17) is 9.31 Å². The normalized spacial score (nSPS) is 23.8. The summed E-state index contributed by atoms with van der Waals surface area (Å²) >= 11 is 3.51. The molecule has 1 aromatic rings. The monoisotopic (exact) mass is 296 g/mol. The quantitative estimate of drug-likeness (QED) is 0.742. The van der Waals surface area contributed by atoms with Crippen molar-refractivity contribution in [1.29, 1.82) is 0 Å². The van der Waals surface area contributed by atoms with Crippen LogP contribution < -0.4 is 5.46 Å².